The van der Waals surface area contributed by atoms with E-state index < -0.39 is 11.6 Å². The van der Waals surface area contributed by atoms with Gasteiger partial charge in [-0.1, -0.05) is 11.8 Å². The summed E-state index contributed by atoms with van der Waals surface area (Å²) in [4.78, 5) is 15.6. The zero-order valence-corrected chi connectivity index (χ0v) is 14.1. The Morgan fingerprint density at radius 2 is 2.38 bits per heavy atom. The number of aliphatic imine (C=N–C) groups is 1. The summed E-state index contributed by atoms with van der Waals surface area (Å²) < 4.78 is 20.1. The Labute approximate surface area is 143 Å². The van der Waals surface area contributed by atoms with Gasteiger partial charge in [-0.3, -0.25) is 10.3 Å². The molecule has 4 N–H and O–H groups in total. The van der Waals surface area contributed by atoms with Gasteiger partial charge in [0, 0.05) is 30.0 Å². The zero-order chi connectivity index (χ0) is 17.3. The Kier molecular flexibility index (Phi) is 4.69. The number of nitrogens with one attached hydrogen (secondary N) is 1. The first-order chi connectivity index (χ1) is 11.4. The van der Waals surface area contributed by atoms with Crippen LogP contribution in [-0.2, 0) is 10.3 Å². The number of fused-ring (bicyclic) bond motifs is 1. The summed E-state index contributed by atoms with van der Waals surface area (Å²) in [6.45, 7) is 0. The number of methoxy groups -OCH3 is 1. The number of carbonyl (C=O) groups is 1. The van der Waals surface area contributed by atoms with Crippen molar-refractivity contribution in [3.63, 3.8) is 0 Å². The first kappa shape index (κ1) is 17.0. The SMILES string of the molecule is CO[C@@H]1CC[C@]2(c3cc(N)ccc3F)N=C(NC(=O)O)SC[C@@H]2C1. The number of anilines is 1. The molecule has 6 nitrogen and oxygen atoms in total. The first-order valence-electron chi connectivity index (χ1n) is 7.75. The van der Waals surface area contributed by atoms with Crippen LogP contribution in [0, 0.1) is 11.7 Å². The Balaban J connectivity index is 2.08. The molecule has 1 saturated carbocycles. The Morgan fingerprint density at radius 1 is 1.58 bits per heavy atom. The number of hydrogen-bond donors (Lipinski definition) is 3. The normalized spacial score (nSPS) is 29.5. The maximum atomic E-state index is 14.6. The Morgan fingerprint density at radius 3 is 3.08 bits per heavy atom. The highest BCUT2D eigenvalue weighted by Gasteiger charge is 2.49. The van der Waals surface area contributed by atoms with Crippen LogP contribution in [0.4, 0.5) is 14.9 Å². The number of amidine groups is 1. The Bertz CT molecular complexity index is 685. The number of nitrogens with two attached hydrogens (primary N) is 1. The van der Waals surface area contributed by atoms with E-state index in [4.69, 9.17) is 15.6 Å². The molecule has 3 rings (SSSR count). The number of carboxylic acid groups (broad SMARTS) is 1. The molecule has 0 unspecified atom stereocenters. The average molecular weight is 353 g/mol. The third-order valence-corrected chi connectivity index (χ3v) is 5.83. The molecule has 3 atom stereocenters. The molecular formula is C16H20FN3O3S. The van der Waals surface area contributed by atoms with Crippen LogP contribution in [0.15, 0.2) is 23.2 Å². The predicted octanol–water partition coefficient (Wildman–Crippen LogP) is 2.79. The number of hydrogen-bond acceptors (Lipinski definition) is 5. The van der Waals surface area contributed by atoms with Gasteiger partial charge in [-0.2, -0.15) is 0 Å². The number of nitrogens with zero attached hydrogens (tertiary/aromatic N) is 1. The molecule has 0 spiro atoms. The fourth-order valence-corrected chi connectivity index (χ4v) is 4.78. The molecule has 1 heterocycles. The molecule has 1 aliphatic carbocycles. The number of benzene rings is 1. The van der Waals surface area contributed by atoms with Crippen molar-refractivity contribution < 1.29 is 19.0 Å². The molecule has 0 aromatic heterocycles. The van der Waals surface area contributed by atoms with Crippen molar-refractivity contribution in [2.24, 2.45) is 10.9 Å². The summed E-state index contributed by atoms with van der Waals surface area (Å²) in [5.74, 6) is 0.333. The van der Waals surface area contributed by atoms with Crippen molar-refractivity contribution in [1.29, 1.82) is 0 Å². The van der Waals surface area contributed by atoms with Gasteiger partial charge < -0.3 is 15.6 Å². The molecule has 8 heteroatoms. The molecule has 24 heavy (non-hydrogen) atoms. The second kappa shape index (κ2) is 6.60. The molecule has 1 aromatic rings. The van der Waals surface area contributed by atoms with Gasteiger partial charge in [0.1, 0.15) is 5.82 Å². The van der Waals surface area contributed by atoms with Gasteiger partial charge in [-0.05, 0) is 37.5 Å². The second-order valence-corrected chi connectivity index (χ2v) is 7.16. The van der Waals surface area contributed by atoms with Gasteiger partial charge in [-0.15, -0.1) is 0 Å². The summed E-state index contributed by atoms with van der Waals surface area (Å²) in [7, 11) is 1.68. The molecule has 0 radical (unpaired) electrons. The van der Waals surface area contributed by atoms with Gasteiger partial charge in [-0.25, -0.2) is 9.18 Å². The van der Waals surface area contributed by atoms with Crippen LogP contribution in [0.3, 0.4) is 0 Å². The standard InChI is InChI=1S/C16H20FN3O3S/c1-23-11-4-5-16(12-7-10(18)2-3-13(12)17)9(6-11)8-24-14(20-16)19-15(21)22/h2-3,7,9,11H,4-6,8,18H2,1H3,(H,19,20)(H,21,22)/t9-,11+,16-/m0/s1. The minimum Gasteiger partial charge on any atom is -0.465 e. The molecule has 2 aliphatic rings. The summed E-state index contributed by atoms with van der Waals surface area (Å²) in [5, 5.41) is 11.6. The number of amides is 1. The number of nitrogen functional groups attached to an aromatic ring is 1. The number of thioether (sulfide) groups is 1. The average Bonchev–Trinajstić information content (AvgIpc) is 2.55. The number of halogens is 1. The molecule has 0 bridgehead atoms. The zero-order valence-electron chi connectivity index (χ0n) is 13.3. The van der Waals surface area contributed by atoms with Crippen LogP contribution in [-0.4, -0.2) is 35.3 Å². The third-order valence-electron chi connectivity index (χ3n) is 4.80. The maximum Gasteiger partial charge on any atom is 0.410 e. The highest BCUT2D eigenvalue weighted by atomic mass is 32.2. The number of rotatable bonds is 2. The van der Waals surface area contributed by atoms with Crippen LogP contribution in [0.1, 0.15) is 24.8 Å². The summed E-state index contributed by atoms with van der Waals surface area (Å²) in [5.41, 5.74) is 5.96. The summed E-state index contributed by atoms with van der Waals surface area (Å²) in [6, 6.07) is 4.48. The third kappa shape index (κ3) is 3.08. The van der Waals surface area contributed by atoms with Crippen molar-refractivity contribution in [3.05, 3.63) is 29.6 Å². The molecule has 130 valence electrons. The minimum absolute atomic E-state index is 0.0526. The minimum atomic E-state index is -1.17. The summed E-state index contributed by atoms with van der Waals surface area (Å²) in [6.07, 6.45) is 1.00. The van der Waals surface area contributed by atoms with Crippen molar-refractivity contribution in [2.75, 3.05) is 18.6 Å². The van der Waals surface area contributed by atoms with Crippen molar-refractivity contribution in [1.82, 2.24) is 5.32 Å². The highest BCUT2D eigenvalue weighted by molar-refractivity contribution is 8.13. The first-order valence-corrected chi connectivity index (χ1v) is 8.74. The maximum absolute atomic E-state index is 14.6. The lowest BCUT2D eigenvalue weighted by molar-refractivity contribution is 0.0229. The van der Waals surface area contributed by atoms with Gasteiger partial charge in [0.2, 0.25) is 0 Å². The van der Waals surface area contributed by atoms with Crippen LogP contribution in [0.2, 0.25) is 0 Å². The fraction of sp³-hybridized carbons (Fsp3) is 0.500. The van der Waals surface area contributed by atoms with E-state index >= 15 is 0 Å². The Hall–Kier alpha value is -1.80. The van der Waals surface area contributed by atoms with E-state index in [1.54, 1.807) is 13.2 Å². The van der Waals surface area contributed by atoms with Crippen LogP contribution in [0.5, 0.6) is 0 Å². The van der Waals surface area contributed by atoms with Gasteiger partial charge in [0.25, 0.3) is 0 Å². The largest absolute Gasteiger partial charge is 0.465 e. The van der Waals surface area contributed by atoms with E-state index in [9.17, 15) is 9.18 Å². The van der Waals surface area contributed by atoms with E-state index in [2.05, 4.69) is 10.3 Å². The lowest BCUT2D eigenvalue weighted by Gasteiger charge is -2.46. The second-order valence-electron chi connectivity index (χ2n) is 6.15. The van der Waals surface area contributed by atoms with Crippen molar-refractivity contribution >= 4 is 28.7 Å². The lowest BCUT2D eigenvalue weighted by atomic mass is 9.68. The molecule has 1 aromatic carbocycles. The van der Waals surface area contributed by atoms with E-state index in [1.165, 1.54) is 23.9 Å². The molecule has 1 aliphatic heterocycles. The quantitative estimate of drug-likeness (QED) is 0.711. The van der Waals surface area contributed by atoms with Crippen LogP contribution < -0.4 is 11.1 Å². The van der Waals surface area contributed by atoms with Gasteiger partial charge in [0.15, 0.2) is 5.17 Å². The number of ether oxygens (including phenoxy) is 1. The molecule has 0 saturated heterocycles. The topological polar surface area (TPSA) is 96.9 Å². The van der Waals surface area contributed by atoms with E-state index in [1.807, 2.05) is 0 Å². The summed E-state index contributed by atoms with van der Waals surface area (Å²) >= 11 is 1.34. The van der Waals surface area contributed by atoms with Gasteiger partial charge in [0.05, 0.1) is 11.6 Å². The van der Waals surface area contributed by atoms with Crippen LogP contribution >= 0.6 is 11.8 Å². The van der Waals surface area contributed by atoms with Crippen LogP contribution in [0.25, 0.3) is 0 Å². The smallest absolute Gasteiger partial charge is 0.410 e. The molecule has 1 fully saturated rings. The molecular weight excluding hydrogens is 333 g/mol. The highest BCUT2D eigenvalue weighted by Crippen LogP contribution is 2.50. The monoisotopic (exact) mass is 353 g/mol. The van der Waals surface area contributed by atoms with Gasteiger partial charge >= 0.3 is 6.09 Å². The fourth-order valence-electron chi connectivity index (χ4n) is 3.62. The van der Waals surface area contributed by atoms with Crippen molar-refractivity contribution in [2.45, 2.75) is 30.9 Å². The van der Waals surface area contributed by atoms with E-state index in [0.29, 0.717) is 28.6 Å². The van der Waals surface area contributed by atoms with Crippen molar-refractivity contribution in [3.8, 4) is 0 Å². The van der Waals surface area contributed by atoms with E-state index in [0.717, 1.165) is 12.8 Å². The predicted molar refractivity (Wildman–Crippen MR) is 91.7 cm³/mol. The molecule has 1 amide bonds. The lowest BCUT2D eigenvalue weighted by Crippen LogP contribution is -2.47. The van der Waals surface area contributed by atoms with E-state index in [-0.39, 0.29) is 17.8 Å².